The normalized spacial score (nSPS) is 9.93. The predicted octanol–water partition coefficient (Wildman–Crippen LogP) is 2.10. The summed E-state index contributed by atoms with van der Waals surface area (Å²) in [5.41, 5.74) is 0.725. The van der Waals surface area contributed by atoms with Crippen LogP contribution in [0.4, 0.5) is 5.69 Å². The van der Waals surface area contributed by atoms with Gasteiger partial charge in [0.15, 0.2) is 5.01 Å². The van der Waals surface area contributed by atoms with Crippen molar-refractivity contribution in [2.75, 3.05) is 5.32 Å². The molecule has 0 radical (unpaired) electrons. The lowest BCUT2D eigenvalue weighted by Gasteiger charge is -2.00. The molecule has 0 aliphatic rings. The van der Waals surface area contributed by atoms with E-state index in [-0.39, 0.29) is 5.91 Å². The van der Waals surface area contributed by atoms with Crippen LogP contribution in [0.2, 0.25) is 0 Å². The maximum absolute atomic E-state index is 11.6. The summed E-state index contributed by atoms with van der Waals surface area (Å²) in [6, 6.07) is 3.47. The van der Waals surface area contributed by atoms with Gasteiger partial charge in [0, 0.05) is 29.2 Å². The van der Waals surface area contributed by atoms with Crippen LogP contribution < -0.4 is 5.32 Å². The maximum Gasteiger partial charge on any atom is 0.284 e. The van der Waals surface area contributed by atoms with Gasteiger partial charge in [0.25, 0.3) is 5.91 Å². The first-order valence-corrected chi connectivity index (χ1v) is 5.21. The first-order chi connectivity index (χ1) is 7.25. The van der Waals surface area contributed by atoms with Gasteiger partial charge < -0.3 is 5.32 Å². The largest absolute Gasteiger partial charge is 0.320 e. The molecule has 0 spiro atoms. The number of pyridine rings is 1. The molecule has 4 nitrogen and oxygen atoms in total. The Morgan fingerprint density at radius 3 is 2.73 bits per heavy atom. The van der Waals surface area contributed by atoms with Crippen LogP contribution >= 0.6 is 11.3 Å². The van der Waals surface area contributed by atoms with E-state index in [2.05, 4.69) is 15.3 Å². The van der Waals surface area contributed by atoms with Crippen molar-refractivity contribution in [3.05, 3.63) is 40.6 Å². The molecule has 0 bridgehead atoms. The fourth-order valence-electron chi connectivity index (χ4n) is 1.08. The van der Waals surface area contributed by atoms with Crippen LogP contribution in [0.1, 0.15) is 14.7 Å². The minimum Gasteiger partial charge on any atom is -0.320 e. The van der Waals surface area contributed by atoms with Crippen LogP contribution in [-0.2, 0) is 0 Å². The SMILES string of the molecule is Cc1cnc(C(=O)Nc2ccncc2)s1. The average Bonchev–Trinajstić information content (AvgIpc) is 2.66. The number of hydrogen-bond donors (Lipinski definition) is 1. The highest BCUT2D eigenvalue weighted by Crippen LogP contribution is 2.13. The van der Waals surface area contributed by atoms with Crippen LogP contribution in [0.5, 0.6) is 0 Å². The number of aryl methyl sites for hydroxylation is 1. The van der Waals surface area contributed by atoms with E-state index in [4.69, 9.17) is 0 Å². The van der Waals surface area contributed by atoms with E-state index in [1.165, 1.54) is 11.3 Å². The van der Waals surface area contributed by atoms with Crippen molar-refractivity contribution in [1.29, 1.82) is 0 Å². The Balaban J connectivity index is 2.11. The number of rotatable bonds is 2. The van der Waals surface area contributed by atoms with Gasteiger partial charge in [-0.2, -0.15) is 0 Å². The third-order valence-electron chi connectivity index (χ3n) is 1.75. The van der Waals surface area contributed by atoms with E-state index in [1.807, 2.05) is 6.92 Å². The number of carbonyl (C=O) groups is 1. The van der Waals surface area contributed by atoms with Crippen molar-refractivity contribution in [2.24, 2.45) is 0 Å². The van der Waals surface area contributed by atoms with E-state index in [0.717, 1.165) is 10.6 Å². The summed E-state index contributed by atoms with van der Waals surface area (Å²) < 4.78 is 0. The number of thiazole rings is 1. The number of anilines is 1. The number of nitrogens with zero attached hydrogens (tertiary/aromatic N) is 2. The summed E-state index contributed by atoms with van der Waals surface area (Å²) in [7, 11) is 0. The molecule has 2 aromatic rings. The van der Waals surface area contributed by atoms with Crippen LogP contribution in [0.25, 0.3) is 0 Å². The second kappa shape index (κ2) is 4.18. The molecule has 2 rings (SSSR count). The summed E-state index contributed by atoms with van der Waals surface area (Å²) in [6.45, 7) is 1.92. The molecule has 0 aromatic carbocycles. The Morgan fingerprint density at radius 1 is 1.40 bits per heavy atom. The number of nitrogens with one attached hydrogen (secondary N) is 1. The van der Waals surface area contributed by atoms with Crippen molar-refractivity contribution in [3.63, 3.8) is 0 Å². The van der Waals surface area contributed by atoms with Gasteiger partial charge in [-0.25, -0.2) is 4.98 Å². The van der Waals surface area contributed by atoms with Gasteiger partial charge in [0.2, 0.25) is 0 Å². The zero-order valence-electron chi connectivity index (χ0n) is 8.10. The Kier molecular flexibility index (Phi) is 2.73. The summed E-state index contributed by atoms with van der Waals surface area (Å²) >= 11 is 1.38. The summed E-state index contributed by atoms with van der Waals surface area (Å²) in [4.78, 5) is 20.5. The standard InChI is InChI=1S/C10H9N3OS/c1-7-6-12-10(15-7)9(14)13-8-2-4-11-5-3-8/h2-6H,1H3,(H,11,13,14). The van der Waals surface area contributed by atoms with Gasteiger partial charge in [0.05, 0.1) is 0 Å². The molecular weight excluding hydrogens is 210 g/mol. The Labute approximate surface area is 91.0 Å². The molecule has 0 fully saturated rings. The topological polar surface area (TPSA) is 54.9 Å². The highest BCUT2D eigenvalue weighted by atomic mass is 32.1. The first kappa shape index (κ1) is 9.79. The van der Waals surface area contributed by atoms with Crippen molar-refractivity contribution < 1.29 is 4.79 Å². The molecule has 0 unspecified atom stereocenters. The van der Waals surface area contributed by atoms with E-state index in [1.54, 1.807) is 30.7 Å². The molecule has 1 amide bonds. The molecule has 5 heteroatoms. The average molecular weight is 219 g/mol. The summed E-state index contributed by atoms with van der Waals surface area (Å²) in [5.74, 6) is -0.181. The molecule has 0 saturated carbocycles. The monoisotopic (exact) mass is 219 g/mol. The second-order valence-electron chi connectivity index (χ2n) is 2.97. The zero-order chi connectivity index (χ0) is 10.7. The summed E-state index contributed by atoms with van der Waals surface area (Å²) in [6.07, 6.45) is 4.94. The van der Waals surface area contributed by atoms with Crippen molar-refractivity contribution in [2.45, 2.75) is 6.92 Å². The van der Waals surface area contributed by atoms with Crippen LogP contribution in [-0.4, -0.2) is 15.9 Å². The Hall–Kier alpha value is -1.75. The fourth-order valence-corrected chi connectivity index (χ4v) is 1.74. The Morgan fingerprint density at radius 2 is 2.13 bits per heavy atom. The fraction of sp³-hybridized carbons (Fsp3) is 0.100. The molecule has 76 valence electrons. The number of hydrogen-bond acceptors (Lipinski definition) is 4. The lowest BCUT2D eigenvalue weighted by Crippen LogP contribution is -2.11. The third-order valence-corrected chi connectivity index (χ3v) is 2.67. The van der Waals surface area contributed by atoms with Gasteiger partial charge in [0.1, 0.15) is 0 Å². The van der Waals surface area contributed by atoms with E-state index in [9.17, 15) is 4.79 Å². The number of carbonyl (C=O) groups excluding carboxylic acids is 1. The summed E-state index contributed by atoms with van der Waals surface area (Å²) in [5, 5.41) is 3.22. The van der Waals surface area contributed by atoms with Crippen molar-refractivity contribution in [3.8, 4) is 0 Å². The lowest BCUT2D eigenvalue weighted by molar-refractivity contribution is 0.102. The highest BCUT2D eigenvalue weighted by Gasteiger charge is 2.09. The smallest absolute Gasteiger partial charge is 0.284 e. The molecule has 2 heterocycles. The van der Waals surface area contributed by atoms with Gasteiger partial charge in [-0.1, -0.05) is 0 Å². The third kappa shape index (κ3) is 2.38. The van der Waals surface area contributed by atoms with Crippen LogP contribution in [0.15, 0.2) is 30.7 Å². The molecule has 0 aliphatic heterocycles. The molecule has 2 aromatic heterocycles. The Bertz CT molecular complexity index is 467. The van der Waals surface area contributed by atoms with E-state index >= 15 is 0 Å². The van der Waals surface area contributed by atoms with Gasteiger partial charge in [-0.3, -0.25) is 9.78 Å². The van der Waals surface area contributed by atoms with E-state index in [0.29, 0.717) is 5.01 Å². The molecule has 0 saturated heterocycles. The second-order valence-corrected chi connectivity index (χ2v) is 4.20. The minimum absolute atomic E-state index is 0.181. The van der Waals surface area contributed by atoms with Gasteiger partial charge >= 0.3 is 0 Å². The molecule has 0 aliphatic carbocycles. The lowest BCUT2D eigenvalue weighted by atomic mass is 10.4. The van der Waals surface area contributed by atoms with Crippen LogP contribution in [0.3, 0.4) is 0 Å². The maximum atomic E-state index is 11.6. The van der Waals surface area contributed by atoms with Crippen LogP contribution in [0, 0.1) is 6.92 Å². The highest BCUT2D eigenvalue weighted by molar-refractivity contribution is 7.13. The van der Waals surface area contributed by atoms with E-state index < -0.39 is 0 Å². The van der Waals surface area contributed by atoms with Gasteiger partial charge in [-0.05, 0) is 19.1 Å². The predicted molar refractivity (Wildman–Crippen MR) is 59.0 cm³/mol. The first-order valence-electron chi connectivity index (χ1n) is 4.39. The quantitative estimate of drug-likeness (QED) is 0.841. The minimum atomic E-state index is -0.181. The molecule has 15 heavy (non-hydrogen) atoms. The van der Waals surface area contributed by atoms with Crippen molar-refractivity contribution >= 4 is 22.9 Å². The number of aromatic nitrogens is 2. The van der Waals surface area contributed by atoms with Gasteiger partial charge in [-0.15, -0.1) is 11.3 Å². The van der Waals surface area contributed by atoms with Crippen molar-refractivity contribution in [1.82, 2.24) is 9.97 Å². The molecular formula is C10H9N3OS. The number of amides is 1. The molecule has 1 N–H and O–H groups in total. The molecule has 0 atom stereocenters. The zero-order valence-corrected chi connectivity index (χ0v) is 8.91.